The van der Waals surface area contributed by atoms with Gasteiger partial charge >= 0.3 is 0 Å². The number of nitrogens with zero attached hydrogens (tertiary/aromatic N) is 2. The summed E-state index contributed by atoms with van der Waals surface area (Å²) < 4.78 is 5.90. The molecule has 0 aliphatic carbocycles. The molecule has 2 aliphatic rings. The van der Waals surface area contributed by atoms with Crippen LogP contribution in [0.3, 0.4) is 0 Å². The van der Waals surface area contributed by atoms with E-state index in [9.17, 15) is 0 Å². The third-order valence-corrected chi connectivity index (χ3v) is 7.04. The molecule has 1 saturated heterocycles. The maximum Gasteiger partial charge on any atom is 0.220 e. The first-order chi connectivity index (χ1) is 15.7. The summed E-state index contributed by atoms with van der Waals surface area (Å²) in [6.45, 7) is 8.43. The van der Waals surface area contributed by atoms with E-state index < -0.39 is 0 Å². The molecule has 6 nitrogen and oxygen atoms in total. The highest BCUT2D eigenvalue weighted by atomic mass is 32.1. The Bertz CT molecular complexity index is 1120. The van der Waals surface area contributed by atoms with Gasteiger partial charge < -0.3 is 10.1 Å². The van der Waals surface area contributed by atoms with Gasteiger partial charge in [0.15, 0.2) is 0 Å². The summed E-state index contributed by atoms with van der Waals surface area (Å²) >= 11 is 1.77. The van der Waals surface area contributed by atoms with Crippen LogP contribution in [0.5, 0.6) is 5.75 Å². The van der Waals surface area contributed by atoms with Crippen molar-refractivity contribution in [3.8, 4) is 16.2 Å². The van der Waals surface area contributed by atoms with E-state index in [0.717, 1.165) is 36.0 Å². The maximum absolute atomic E-state index is 5.90. The van der Waals surface area contributed by atoms with Gasteiger partial charge in [-0.2, -0.15) is 0 Å². The van der Waals surface area contributed by atoms with E-state index in [2.05, 4.69) is 58.5 Å². The standard InChI is InChI=1S/C25H29N5OS/c1-17-9-14-32-24(17)21-16-23-22(15-18(21)2)27-25(29-28-23)26-19-5-7-20(8-6-19)31-13-12-30-10-3-4-11-30/h5-9,14-16,28H,3-4,10-13H2,1-2H3,(H2,26,27,29). The van der Waals surface area contributed by atoms with Gasteiger partial charge in [0, 0.05) is 17.1 Å². The number of thiophene rings is 1. The number of aryl methyl sites for hydroxylation is 2. The number of rotatable bonds is 6. The fraction of sp³-hybridized carbons (Fsp3) is 0.320. The molecule has 0 unspecified atom stereocenters. The van der Waals surface area contributed by atoms with Crippen molar-refractivity contribution < 1.29 is 4.74 Å². The molecular weight excluding hydrogens is 418 g/mol. The highest BCUT2D eigenvalue weighted by molar-refractivity contribution is 7.13. The summed E-state index contributed by atoms with van der Waals surface area (Å²) in [6.07, 6.45) is 2.62. The summed E-state index contributed by atoms with van der Waals surface area (Å²) in [5.41, 5.74) is 13.1. The Labute approximate surface area is 193 Å². The Balaban J connectivity index is 1.23. The molecule has 2 aliphatic heterocycles. The second kappa shape index (κ2) is 9.22. The van der Waals surface area contributed by atoms with Crippen LogP contribution in [-0.2, 0) is 0 Å². The van der Waals surface area contributed by atoms with Crippen molar-refractivity contribution in [3.63, 3.8) is 0 Å². The largest absolute Gasteiger partial charge is 0.492 e. The van der Waals surface area contributed by atoms with E-state index >= 15 is 0 Å². The molecule has 0 saturated carbocycles. The number of hydrogen-bond acceptors (Lipinski definition) is 7. The average molecular weight is 448 g/mol. The van der Waals surface area contributed by atoms with Gasteiger partial charge in [-0.3, -0.25) is 15.8 Å². The van der Waals surface area contributed by atoms with Crippen LogP contribution < -0.4 is 20.9 Å². The second-order valence-corrected chi connectivity index (χ2v) is 9.29. The number of guanidine groups is 1. The number of benzene rings is 2. The first-order valence-corrected chi connectivity index (χ1v) is 12.1. The molecule has 0 atom stereocenters. The molecule has 2 aromatic carbocycles. The van der Waals surface area contributed by atoms with E-state index in [1.165, 1.54) is 47.5 Å². The molecule has 7 heteroatoms. The molecule has 1 fully saturated rings. The number of ether oxygens (including phenoxy) is 1. The summed E-state index contributed by atoms with van der Waals surface area (Å²) in [4.78, 5) is 8.53. The SMILES string of the molecule is Cc1cc2c(cc1-c1sccc1C)NNC(Nc1ccc(OCCN3CCCC3)cc1)=N2. The Hall–Kier alpha value is -3.03. The number of aliphatic imine (C=N–C) groups is 1. The molecular formula is C25H29N5OS. The molecule has 3 heterocycles. The molecule has 3 N–H and O–H groups in total. The normalized spacial score (nSPS) is 15.5. The molecule has 0 amide bonds. The van der Waals surface area contributed by atoms with Gasteiger partial charge in [-0.05, 0) is 104 Å². The summed E-state index contributed by atoms with van der Waals surface area (Å²) in [6, 6.07) is 14.5. The first kappa shape index (κ1) is 20.8. The minimum Gasteiger partial charge on any atom is -0.492 e. The molecule has 0 spiro atoms. The first-order valence-electron chi connectivity index (χ1n) is 11.2. The predicted octanol–water partition coefficient (Wildman–Crippen LogP) is 5.54. The van der Waals surface area contributed by atoms with Crippen LogP contribution >= 0.6 is 11.3 Å². The van der Waals surface area contributed by atoms with Crippen LogP contribution in [0.1, 0.15) is 24.0 Å². The third kappa shape index (κ3) is 4.59. The molecule has 32 heavy (non-hydrogen) atoms. The van der Waals surface area contributed by atoms with Crippen LogP contribution in [0.4, 0.5) is 17.1 Å². The van der Waals surface area contributed by atoms with Gasteiger partial charge in [0.05, 0.1) is 11.4 Å². The van der Waals surface area contributed by atoms with Gasteiger partial charge in [-0.1, -0.05) is 0 Å². The smallest absolute Gasteiger partial charge is 0.220 e. The lowest BCUT2D eigenvalue weighted by Gasteiger charge is -2.22. The lowest BCUT2D eigenvalue weighted by molar-refractivity contribution is 0.238. The lowest BCUT2D eigenvalue weighted by Crippen LogP contribution is -2.37. The monoisotopic (exact) mass is 447 g/mol. The highest BCUT2D eigenvalue weighted by Gasteiger charge is 2.16. The van der Waals surface area contributed by atoms with Crippen molar-refractivity contribution in [3.05, 3.63) is 59.0 Å². The van der Waals surface area contributed by atoms with Gasteiger partial charge in [0.2, 0.25) is 5.96 Å². The molecule has 3 aromatic rings. The number of fused-ring (bicyclic) bond motifs is 1. The second-order valence-electron chi connectivity index (χ2n) is 8.37. The Morgan fingerprint density at radius 3 is 2.59 bits per heavy atom. The van der Waals surface area contributed by atoms with Crippen LogP contribution in [0.25, 0.3) is 10.4 Å². The minimum atomic E-state index is 0.666. The molecule has 0 radical (unpaired) electrons. The van der Waals surface area contributed by atoms with Crippen molar-refractivity contribution >= 4 is 34.4 Å². The van der Waals surface area contributed by atoms with Crippen molar-refractivity contribution in [2.45, 2.75) is 26.7 Å². The van der Waals surface area contributed by atoms with Gasteiger partial charge in [0.1, 0.15) is 12.4 Å². The Morgan fingerprint density at radius 2 is 1.84 bits per heavy atom. The van der Waals surface area contributed by atoms with Crippen LogP contribution in [0.2, 0.25) is 0 Å². The van der Waals surface area contributed by atoms with Crippen LogP contribution in [0, 0.1) is 13.8 Å². The zero-order valence-corrected chi connectivity index (χ0v) is 19.4. The summed E-state index contributed by atoms with van der Waals surface area (Å²) in [7, 11) is 0. The fourth-order valence-electron chi connectivity index (χ4n) is 4.18. The number of hydrazine groups is 1. The molecule has 0 bridgehead atoms. The predicted molar refractivity (Wildman–Crippen MR) is 134 cm³/mol. The van der Waals surface area contributed by atoms with Gasteiger partial charge in [-0.15, -0.1) is 11.3 Å². The average Bonchev–Trinajstić information content (AvgIpc) is 3.46. The van der Waals surface area contributed by atoms with Crippen LogP contribution in [0.15, 0.2) is 52.8 Å². The zero-order chi connectivity index (χ0) is 21.9. The number of likely N-dealkylation sites (tertiary alicyclic amines) is 1. The third-order valence-electron chi connectivity index (χ3n) is 5.99. The quantitative estimate of drug-likeness (QED) is 0.463. The maximum atomic E-state index is 5.90. The van der Waals surface area contributed by atoms with Crippen molar-refractivity contribution in [2.24, 2.45) is 4.99 Å². The molecule has 166 valence electrons. The molecule has 1 aromatic heterocycles. The van der Waals surface area contributed by atoms with Crippen molar-refractivity contribution in [2.75, 3.05) is 37.0 Å². The van der Waals surface area contributed by atoms with Crippen LogP contribution in [-0.4, -0.2) is 37.1 Å². The Kier molecular flexibility index (Phi) is 6.01. The van der Waals surface area contributed by atoms with Crippen molar-refractivity contribution in [1.29, 1.82) is 0 Å². The summed E-state index contributed by atoms with van der Waals surface area (Å²) in [5, 5.41) is 5.47. The topological polar surface area (TPSA) is 60.9 Å². The number of anilines is 2. The van der Waals surface area contributed by atoms with E-state index in [0.29, 0.717) is 5.96 Å². The van der Waals surface area contributed by atoms with Gasteiger partial charge in [-0.25, -0.2) is 4.99 Å². The van der Waals surface area contributed by atoms with Gasteiger partial charge in [0.25, 0.3) is 0 Å². The zero-order valence-electron chi connectivity index (χ0n) is 18.6. The highest BCUT2D eigenvalue weighted by Crippen LogP contribution is 2.38. The number of nitrogens with one attached hydrogen (secondary N) is 3. The lowest BCUT2D eigenvalue weighted by atomic mass is 10.0. The Morgan fingerprint density at radius 1 is 1.03 bits per heavy atom. The number of hydrogen-bond donors (Lipinski definition) is 3. The fourth-order valence-corrected chi connectivity index (χ4v) is 5.19. The van der Waals surface area contributed by atoms with E-state index in [-0.39, 0.29) is 0 Å². The van der Waals surface area contributed by atoms with E-state index in [4.69, 9.17) is 9.73 Å². The molecule has 5 rings (SSSR count). The minimum absolute atomic E-state index is 0.666. The summed E-state index contributed by atoms with van der Waals surface area (Å²) in [5.74, 6) is 1.56. The van der Waals surface area contributed by atoms with Crippen molar-refractivity contribution in [1.82, 2.24) is 10.3 Å². The van der Waals surface area contributed by atoms with E-state index in [1.54, 1.807) is 11.3 Å². The van der Waals surface area contributed by atoms with E-state index in [1.807, 2.05) is 24.3 Å².